The summed E-state index contributed by atoms with van der Waals surface area (Å²) in [6.07, 6.45) is 53.4. The van der Waals surface area contributed by atoms with Crippen LogP contribution >= 0.6 is 0 Å². The molecular formula is C62H97N3O4. The molecule has 0 unspecified atom stereocenters. The average molecular weight is 948 g/mol. The van der Waals surface area contributed by atoms with E-state index in [-0.39, 0.29) is 11.9 Å². The van der Waals surface area contributed by atoms with Crippen molar-refractivity contribution in [1.82, 2.24) is 15.0 Å². The van der Waals surface area contributed by atoms with Crippen LogP contribution < -0.4 is 4.74 Å². The van der Waals surface area contributed by atoms with Gasteiger partial charge in [0.2, 0.25) is 0 Å². The molecule has 69 heavy (non-hydrogen) atoms. The molecule has 1 heterocycles. The second-order valence-electron chi connectivity index (χ2n) is 19.7. The lowest BCUT2D eigenvalue weighted by atomic mass is 9.98. The van der Waals surface area contributed by atoms with Crippen LogP contribution in [0.3, 0.4) is 0 Å². The Balaban J connectivity index is 1.48. The van der Waals surface area contributed by atoms with Crippen molar-refractivity contribution < 1.29 is 19.1 Å². The number of benzene rings is 2. The smallest absolute Gasteiger partial charge is 0.311 e. The monoisotopic (exact) mass is 948 g/mol. The maximum Gasteiger partial charge on any atom is 0.311 e. The maximum atomic E-state index is 12.7. The number of allylic oxidation sites excluding steroid dienone is 8. The fourth-order valence-electron chi connectivity index (χ4n) is 8.88. The number of fused-ring (bicyclic) bond motifs is 1. The highest BCUT2D eigenvalue weighted by atomic mass is 16.5. The van der Waals surface area contributed by atoms with Crippen molar-refractivity contribution in [3.05, 3.63) is 84.2 Å². The van der Waals surface area contributed by atoms with Gasteiger partial charge in [-0.25, -0.2) is 0 Å². The Morgan fingerprint density at radius 3 is 1.42 bits per heavy atom. The first-order valence-corrected chi connectivity index (χ1v) is 28.4. The van der Waals surface area contributed by atoms with Gasteiger partial charge < -0.3 is 9.47 Å². The number of nitrogens with zero attached hydrogens (tertiary/aromatic N) is 3. The fraction of sp³-hybridized carbons (Fsp3) is 0.645. The van der Waals surface area contributed by atoms with Gasteiger partial charge in [-0.3, -0.25) is 9.59 Å². The van der Waals surface area contributed by atoms with Gasteiger partial charge in [0, 0.05) is 24.0 Å². The number of aromatic nitrogens is 3. The van der Waals surface area contributed by atoms with Crippen molar-refractivity contribution in [1.29, 1.82) is 0 Å². The van der Waals surface area contributed by atoms with Gasteiger partial charge in [0.1, 0.15) is 22.5 Å². The Morgan fingerprint density at radius 2 is 0.913 bits per heavy atom. The summed E-state index contributed by atoms with van der Waals surface area (Å²) in [6.45, 7) is 11.5. The molecule has 0 aliphatic heterocycles. The third kappa shape index (κ3) is 27.7. The van der Waals surface area contributed by atoms with Gasteiger partial charge >= 0.3 is 11.9 Å². The lowest BCUT2D eigenvalue weighted by Crippen LogP contribution is -2.07. The summed E-state index contributed by atoms with van der Waals surface area (Å²) in [7, 11) is 0. The lowest BCUT2D eigenvalue weighted by molar-refractivity contribution is -0.139. The molecule has 2 aromatic carbocycles. The number of hydrogen-bond donors (Lipinski definition) is 0. The second kappa shape index (κ2) is 39.5. The molecular weight excluding hydrogens is 851 g/mol. The minimum Gasteiger partial charge on any atom is -0.431 e. The van der Waals surface area contributed by atoms with Gasteiger partial charge in [-0.1, -0.05) is 210 Å². The number of hydrogen-bond acceptors (Lipinski definition) is 6. The predicted molar refractivity (Wildman–Crippen MR) is 294 cm³/mol. The van der Waals surface area contributed by atoms with Gasteiger partial charge in [0.25, 0.3) is 0 Å². The number of unbranched alkanes of at least 4 members (excludes halogenated alkanes) is 27. The Morgan fingerprint density at radius 1 is 0.478 bits per heavy atom. The first-order valence-electron chi connectivity index (χ1n) is 28.4. The fourth-order valence-corrected chi connectivity index (χ4v) is 8.88. The predicted octanol–water partition coefficient (Wildman–Crippen LogP) is 19.3. The molecule has 0 spiro atoms. The summed E-state index contributed by atoms with van der Waals surface area (Å²) in [6, 6.07) is 12.0. The van der Waals surface area contributed by atoms with Crippen molar-refractivity contribution in [3.8, 4) is 16.9 Å². The molecule has 0 radical (unpaired) electrons. The van der Waals surface area contributed by atoms with Crippen LogP contribution in [-0.2, 0) is 20.9 Å². The molecule has 0 atom stereocenters. The second-order valence-corrected chi connectivity index (χ2v) is 19.7. The number of carbonyl (C=O) groups is 2. The van der Waals surface area contributed by atoms with E-state index in [4.69, 9.17) is 19.7 Å². The minimum atomic E-state index is -0.176. The molecule has 7 nitrogen and oxygen atoms in total. The molecule has 0 aliphatic rings. The number of ether oxygens (including phenoxy) is 2. The number of esters is 2. The molecule has 1 aromatic heterocycles. The molecule has 0 N–H and O–H groups in total. The van der Waals surface area contributed by atoms with Crippen LogP contribution in [0.2, 0.25) is 0 Å². The third-order valence-corrected chi connectivity index (χ3v) is 13.2. The molecule has 3 aromatic rings. The van der Waals surface area contributed by atoms with Crippen molar-refractivity contribution in [2.75, 3.05) is 0 Å². The zero-order valence-electron chi connectivity index (χ0n) is 44.7. The molecule has 0 amide bonds. The molecule has 3 rings (SSSR count). The van der Waals surface area contributed by atoms with Gasteiger partial charge in [0.15, 0.2) is 0 Å². The van der Waals surface area contributed by atoms with E-state index in [1.165, 1.54) is 141 Å². The number of carbonyl (C=O) groups excluding carboxylic acids is 2. The highest BCUT2D eigenvalue weighted by molar-refractivity contribution is 5.98. The molecule has 0 fully saturated rings. The molecule has 0 aliphatic carbocycles. The quantitative estimate of drug-likeness (QED) is 0.0140. The van der Waals surface area contributed by atoms with Gasteiger partial charge in [-0.2, -0.15) is 15.0 Å². The van der Waals surface area contributed by atoms with Crippen LogP contribution in [0.5, 0.6) is 5.75 Å². The first-order chi connectivity index (χ1) is 33.9. The Kier molecular flexibility index (Phi) is 33.8. The van der Waals surface area contributed by atoms with Gasteiger partial charge in [0.05, 0.1) is 6.54 Å². The van der Waals surface area contributed by atoms with E-state index in [0.717, 1.165) is 104 Å². The van der Waals surface area contributed by atoms with Crippen LogP contribution in [0.4, 0.5) is 0 Å². The van der Waals surface area contributed by atoms with Crippen LogP contribution in [0.25, 0.3) is 27.7 Å². The molecule has 0 bridgehead atoms. The van der Waals surface area contributed by atoms with Crippen molar-refractivity contribution in [2.45, 2.75) is 259 Å². The van der Waals surface area contributed by atoms with Gasteiger partial charge in [-0.15, -0.1) is 0 Å². The van der Waals surface area contributed by atoms with E-state index in [1.54, 1.807) is 0 Å². The Labute approximate surface area is 421 Å². The summed E-state index contributed by atoms with van der Waals surface area (Å²) < 4.78 is 11.5. The van der Waals surface area contributed by atoms with E-state index in [1.807, 2.05) is 48.1 Å². The standard InChI is InChI=1S/C62H97N3O4/c1-6-9-12-15-18-20-22-24-26-28-30-32-34-36-39-42-59(66)68-54(5)45-44-53(4)57-50-51-58(62-61(57)63-65(64-62)52-41-38-17-14-11-8-3)55-46-48-56(49-47-55)69-60(67)43-40-37-35-33-31-29-27-25-23-21-19-16-13-10-7-2/h24-27,44-51H,6-23,28-43,52H2,1-5H3/b26-24-,27-25-,53-44+,54-45+. The summed E-state index contributed by atoms with van der Waals surface area (Å²) in [4.78, 5) is 27.3. The van der Waals surface area contributed by atoms with Crippen molar-refractivity contribution >= 4 is 28.5 Å². The highest BCUT2D eigenvalue weighted by Crippen LogP contribution is 2.33. The number of aryl methyl sites for hydroxylation is 1. The lowest BCUT2D eigenvalue weighted by Gasteiger charge is -2.09. The molecule has 0 saturated heterocycles. The van der Waals surface area contributed by atoms with Crippen LogP contribution in [0.15, 0.2) is 78.6 Å². The van der Waals surface area contributed by atoms with Crippen LogP contribution in [0.1, 0.15) is 258 Å². The first kappa shape index (κ1) is 59.1. The maximum absolute atomic E-state index is 12.7. The molecule has 0 saturated carbocycles. The topological polar surface area (TPSA) is 83.3 Å². The summed E-state index contributed by atoms with van der Waals surface area (Å²) in [5.74, 6) is 0.797. The van der Waals surface area contributed by atoms with Crippen LogP contribution in [0, 0.1) is 0 Å². The summed E-state index contributed by atoms with van der Waals surface area (Å²) >= 11 is 0. The SMILES string of the molecule is CCCCCCCC/C=C\CCCCCCCC(=O)O/C(C)=C/C=C(\C)c1ccc(-c2ccc(OC(=O)CCCCCCC/C=C\CCCCCCCC)cc2)c2nn(CCCCCCCC)nc12. The Bertz CT molecular complexity index is 1920. The molecule has 384 valence electrons. The number of rotatable bonds is 42. The zero-order valence-corrected chi connectivity index (χ0v) is 44.7. The van der Waals surface area contributed by atoms with Crippen molar-refractivity contribution in [3.63, 3.8) is 0 Å². The van der Waals surface area contributed by atoms with E-state index in [9.17, 15) is 9.59 Å². The average Bonchev–Trinajstić information content (AvgIpc) is 3.78. The van der Waals surface area contributed by atoms with Crippen molar-refractivity contribution in [2.24, 2.45) is 0 Å². The Hall–Kier alpha value is -4.26. The van der Waals surface area contributed by atoms with E-state index < -0.39 is 0 Å². The van der Waals surface area contributed by atoms with Gasteiger partial charge in [-0.05, 0) is 114 Å². The van der Waals surface area contributed by atoms with Crippen LogP contribution in [-0.4, -0.2) is 26.9 Å². The van der Waals surface area contributed by atoms with E-state index >= 15 is 0 Å². The summed E-state index contributed by atoms with van der Waals surface area (Å²) in [5.41, 5.74) is 5.67. The largest absolute Gasteiger partial charge is 0.431 e. The zero-order chi connectivity index (χ0) is 49.4. The minimum absolute atomic E-state index is 0.170. The third-order valence-electron chi connectivity index (χ3n) is 13.2. The molecule has 7 heteroatoms. The summed E-state index contributed by atoms with van der Waals surface area (Å²) in [5, 5.41) is 10.1. The highest BCUT2D eigenvalue weighted by Gasteiger charge is 2.16. The van der Waals surface area contributed by atoms with E-state index in [0.29, 0.717) is 24.4 Å². The normalized spacial score (nSPS) is 12.3. The van der Waals surface area contributed by atoms with E-state index in [2.05, 4.69) is 64.1 Å².